The van der Waals surface area contributed by atoms with Crippen molar-refractivity contribution in [3.63, 3.8) is 0 Å². The van der Waals surface area contributed by atoms with Crippen LogP contribution in [0.1, 0.15) is 12.0 Å². The van der Waals surface area contributed by atoms with Crippen LogP contribution in [0, 0.1) is 11.6 Å². The molecule has 0 aliphatic carbocycles. The largest absolute Gasteiger partial charge is 0.365 e. The minimum Gasteiger partial charge on any atom is -0.365 e. The molecule has 3 nitrogen and oxygen atoms in total. The van der Waals surface area contributed by atoms with E-state index in [1.165, 1.54) is 12.1 Å². The van der Waals surface area contributed by atoms with E-state index in [0.717, 1.165) is 6.42 Å². The highest BCUT2D eigenvalue weighted by atomic mass is 19.1. The number of anilines is 1. The number of nitrogens with zero attached hydrogens (tertiary/aromatic N) is 2. The van der Waals surface area contributed by atoms with Crippen molar-refractivity contribution in [2.24, 2.45) is 0 Å². The van der Waals surface area contributed by atoms with Crippen molar-refractivity contribution >= 4 is 5.69 Å². The predicted octanol–water partition coefficient (Wildman–Crippen LogP) is 1.82. The minimum absolute atomic E-state index is 0.115. The van der Waals surface area contributed by atoms with Crippen molar-refractivity contribution in [2.45, 2.75) is 19.0 Å². The fourth-order valence-corrected chi connectivity index (χ4v) is 2.59. The first kappa shape index (κ1) is 14.2. The third-order valence-electron chi connectivity index (χ3n) is 3.67. The van der Waals surface area contributed by atoms with Crippen molar-refractivity contribution in [1.29, 1.82) is 0 Å². The van der Waals surface area contributed by atoms with Crippen molar-refractivity contribution in [1.82, 2.24) is 10.2 Å². The smallest absolute Gasteiger partial charge is 0.149 e. The predicted molar refractivity (Wildman–Crippen MR) is 73.4 cm³/mol. The van der Waals surface area contributed by atoms with Crippen LogP contribution in [0.3, 0.4) is 0 Å². The van der Waals surface area contributed by atoms with Gasteiger partial charge in [-0.15, -0.1) is 0 Å². The molecule has 0 spiro atoms. The lowest BCUT2D eigenvalue weighted by Gasteiger charge is -2.23. The molecule has 1 saturated heterocycles. The van der Waals surface area contributed by atoms with Gasteiger partial charge in [0.2, 0.25) is 0 Å². The van der Waals surface area contributed by atoms with Crippen LogP contribution in [-0.2, 0) is 6.54 Å². The van der Waals surface area contributed by atoms with Gasteiger partial charge in [-0.05, 0) is 45.3 Å². The quantitative estimate of drug-likeness (QED) is 0.899. The van der Waals surface area contributed by atoms with Gasteiger partial charge in [-0.3, -0.25) is 0 Å². The van der Waals surface area contributed by atoms with E-state index in [9.17, 15) is 8.78 Å². The zero-order valence-electron chi connectivity index (χ0n) is 11.7. The Balaban J connectivity index is 2.21. The second kappa shape index (κ2) is 5.84. The van der Waals surface area contributed by atoms with Gasteiger partial charge in [0, 0.05) is 25.7 Å². The molecule has 1 aromatic rings. The molecule has 106 valence electrons. The van der Waals surface area contributed by atoms with E-state index in [-0.39, 0.29) is 5.69 Å². The van der Waals surface area contributed by atoms with Crippen molar-refractivity contribution in [3.8, 4) is 0 Å². The minimum atomic E-state index is -0.468. The molecule has 5 heteroatoms. The molecule has 0 bridgehead atoms. The number of benzene rings is 1. The molecule has 1 aliphatic heterocycles. The Morgan fingerprint density at radius 2 is 1.95 bits per heavy atom. The number of hydrogen-bond donors (Lipinski definition) is 1. The summed E-state index contributed by atoms with van der Waals surface area (Å²) in [5.41, 5.74) is 0.744. The zero-order valence-corrected chi connectivity index (χ0v) is 11.7. The summed E-state index contributed by atoms with van der Waals surface area (Å²) < 4.78 is 28.2. The van der Waals surface area contributed by atoms with E-state index in [4.69, 9.17) is 0 Å². The molecule has 1 unspecified atom stereocenters. The summed E-state index contributed by atoms with van der Waals surface area (Å²) in [5.74, 6) is -0.936. The van der Waals surface area contributed by atoms with E-state index in [2.05, 4.69) is 10.2 Å². The van der Waals surface area contributed by atoms with Gasteiger partial charge in [0.05, 0.1) is 0 Å². The van der Waals surface area contributed by atoms with E-state index in [1.54, 1.807) is 11.9 Å². The zero-order chi connectivity index (χ0) is 14.0. The number of nitrogens with one attached hydrogen (secondary N) is 1. The Morgan fingerprint density at radius 3 is 2.42 bits per heavy atom. The lowest BCUT2D eigenvalue weighted by atomic mass is 10.1. The third kappa shape index (κ3) is 3.04. The van der Waals surface area contributed by atoms with Gasteiger partial charge in [-0.2, -0.15) is 0 Å². The lowest BCUT2D eigenvalue weighted by molar-refractivity contribution is 0.315. The highest BCUT2D eigenvalue weighted by Crippen LogP contribution is 2.29. The first-order chi connectivity index (χ1) is 9.02. The van der Waals surface area contributed by atoms with Gasteiger partial charge in [0.25, 0.3) is 0 Å². The molecule has 19 heavy (non-hydrogen) atoms. The summed E-state index contributed by atoms with van der Waals surface area (Å²) in [6.07, 6.45) is 0.935. The molecule has 1 heterocycles. The van der Waals surface area contributed by atoms with E-state index < -0.39 is 11.6 Å². The topological polar surface area (TPSA) is 18.5 Å². The Hall–Kier alpha value is -1.20. The maximum atomic E-state index is 14.1. The van der Waals surface area contributed by atoms with Crippen molar-refractivity contribution < 1.29 is 8.78 Å². The summed E-state index contributed by atoms with van der Waals surface area (Å²) in [5, 5.41) is 2.90. The number of rotatable bonds is 4. The highest BCUT2D eigenvalue weighted by Gasteiger charge is 2.28. The summed E-state index contributed by atoms with van der Waals surface area (Å²) in [6.45, 7) is 1.84. The van der Waals surface area contributed by atoms with Crippen LogP contribution in [0.5, 0.6) is 0 Å². The second-order valence-electron chi connectivity index (χ2n) is 5.29. The number of halogens is 2. The molecule has 1 atom stereocenters. The van der Waals surface area contributed by atoms with Crippen LogP contribution in [0.4, 0.5) is 14.5 Å². The number of likely N-dealkylation sites (N-methyl/N-ethyl adjacent to an activating group) is 1. The first-order valence-corrected chi connectivity index (χ1v) is 6.56. The molecule has 2 rings (SSSR count). The summed E-state index contributed by atoms with van der Waals surface area (Å²) in [7, 11) is 5.75. The monoisotopic (exact) mass is 269 g/mol. The van der Waals surface area contributed by atoms with Crippen molar-refractivity contribution in [2.75, 3.05) is 39.1 Å². The molecule has 1 N–H and O–H groups in total. The summed E-state index contributed by atoms with van der Waals surface area (Å²) >= 11 is 0. The highest BCUT2D eigenvalue weighted by molar-refractivity contribution is 5.51. The van der Waals surface area contributed by atoms with Crippen molar-refractivity contribution in [3.05, 3.63) is 29.3 Å². The first-order valence-electron chi connectivity index (χ1n) is 6.56. The maximum absolute atomic E-state index is 14.1. The van der Waals surface area contributed by atoms with Crippen LogP contribution < -0.4 is 10.2 Å². The summed E-state index contributed by atoms with van der Waals surface area (Å²) in [4.78, 5) is 3.91. The van der Waals surface area contributed by atoms with Crippen LogP contribution in [0.25, 0.3) is 0 Å². The van der Waals surface area contributed by atoms with Crippen LogP contribution in [0.2, 0.25) is 0 Å². The van der Waals surface area contributed by atoms with E-state index >= 15 is 0 Å². The van der Waals surface area contributed by atoms with Crippen LogP contribution in [-0.4, -0.2) is 45.2 Å². The fourth-order valence-electron chi connectivity index (χ4n) is 2.59. The Bertz CT molecular complexity index is 425. The molecule has 0 amide bonds. The van der Waals surface area contributed by atoms with Crippen LogP contribution >= 0.6 is 0 Å². The van der Waals surface area contributed by atoms with Gasteiger partial charge in [0.15, 0.2) is 0 Å². The molecule has 0 radical (unpaired) electrons. The summed E-state index contributed by atoms with van der Waals surface area (Å²) in [6, 6.07) is 3.19. The average Bonchev–Trinajstić information content (AvgIpc) is 2.78. The van der Waals surface area contributed by atoms with Gasteiger partial charge in [-0.25, -0.2) is 8.78 Å². The van der Waals surface area contributed by atoms with E-state index in [0.29, 0.717) is 31.2 Å². The maximum Gasteiger partial charge on any atom is 0.149 e. The molecule has 1 aliphatic rings. The SMILES string of the molecule is CNCc1cc(F)c(N2CCC(N(C)C)C2)c(F)c1. The average molecular weight is 269 g/mol. The second-order valence-corrected chi connectivity index (χ2v) is 5.29. The lowest BCUT2D eigenvalue weighted by Crippen LogP contribution is -2.32. The van der Waals surface area contributed by atoms with Gasteiger partial charge in [-0.1, -0.05) is 0 Å². The van der Waals surface area contributed by atoms with Gasteiger partial charge >= 0.3 is 0 Å². The Morgan fingerprint density at radius 1 is 1.32 bits per heavy atom. The molecular weight excluding hydrogens is 248 g/mol. The van der Waals surface area contributed by atoms with Gasteiger partial charge < -0.3 is 15.1 Å². The molecule has 1 aromatic carbocycles. The molecule has 1 fully saturated rings. The fraction of sp³-hybridized carbons (Fsp3) is 0.571. The Kier molecular flexibility index (Phi) is 4.37. The van der Waals surface area contributed by atoms with E-state index in [1.807, 2.05) is 14.1 Å². The molecule has 0 saturated carbocycles. The number of hydrogen-bond acceptors (Lipinski definition) is 3. The molecule has 0 aromatic heterocycles. The molecular formula is C14H21F2N3. The standard InChI is InChI=1S/C14H21F2N3/c1-17-8-10-6-12(15)14(13(16)7-10)19-5-4-11(9-19)18(2)3/h6-7,11,17H,4-5,8-9H2,1-3H3. The van der Waals surface area contributed by atoms with Gasteiger partial charge in [0.1, 0.15) is 17.3 Å². The van der Waals surface area contributed by atoms with Crippen LogP contribution in [0.15, 0.2) is 12.1 Å². The third-order valence-corrected chi connectivity index (χ3v) is 3.67. The Labute approximate surface area is 113 Å². The normalized spacial score (nSPS) is 19.5.